The Morgan fingerprint density at radius 2 is 1.80 bits per heavy atom. The van der Waals surface area contributed by atoms with Crippen LogP contribution in [0.1, 0.15) is 16.7 Å². The third kappa shape index (κ3) is 5.28. The number of aromatic nitrogens is 3. The summed E-state index contributed by atoms with van der Waals surface area (Å²) in [5, 5.41) is 15.6. The predicted molar refractivity (Wildman–Crippen MR) is 108 cm³/mol. The second-order valence-electron chi connectivity index (χ2n) is 6.58. The number of sulfonamides is 1. The normalized spacial score (nSPS) is 11.2. The Balaban J connectivity index is 1.52. The number of amides is 1. The molecule has 154 valence electrons. The first-order chi connectivity index (χ1) is 14.4. The van der Waals surface area contributed by atoms with Crippen molar-refractivity contribution in [3.8, 4) is 6.07 Å². The minimum Gasteiger partial charge on any atom is -0.351 e. The van der Waals surface area contributed by atoms with Crippen LogP contribution in [-0.4, -0.2) is 47.0 Å². The molecular formula is C20H20N6O3S. The summed E-state index contributed by atoms with van der Waals surface area (Å²) in [6.45, 7) is 0.574. The molecule has 10 heteroatoms. The van der Waals surface area contributed by atoms with E-state index in [1.807, 2.05) is 30.3 Å². The Bertz CT molecular complexity index is 1130. The minimum absolute atomic E-state index is 0.0276. The van der Waals surface area contributed by atoms with E-state index in [-0.39, 0.29) is 18.0 Å². The van der Waals surface area contributed by atoms with Crippen LogP contribution in [-0.2, 0) is 27.9 Å². The van der Waals surface area contributed by atoms with Gasteiger partial charge in [-0.1, -0.05) is 24.3 Å². The van der Waals surface area contributed by atoms with Gasteiger partial charge in [-0.05, 0) is 35.4 Å². The summed E-state index contributed by atoms with van der Waals surface area (Å²) in [5.74, 6) is -0.415. The van der Waals surface area contributed by atoms with Crippen LogP contribution in [0, 0.1) is 11.3 Å². The fourth-order valence-corrected chi connectivity index (χ4v) is 3.82. The van der Waals surface area contributed by atoms with Crippen LogP contribution in [0.4, 0.5) is 0 Å². The van der Waals surface area contributed by atoms with Crippen molar-refractivity contribution >= 4 is 15.9 Å². The van der Waals surface area contributed by atoms with Gasteiger partial charge < -0.3 is 5.32 Å². The minimum atomic E-state index is -3.82. The molecule has 0 aliphatic rings. The van der Waals surface area contributed by atoms with E-state index in [9.17, 15) is 13.2 Å². The van der Waals surface area contributed by atoms with E-state index in [1.54, 1.807) is 11.0 Å². The number of nitriles is 1. The molecule has 0 saturated carbocycles. The highest BCUT2D eigenvalue weighted by atomic mass is 32.2. The van der Waals surface area contributed by atoms with E-state index in [4.69, 9.17) is 5.26 Å². The molecule has 0 atom stereocenters. The molecule has 1 amide bonds. The van der Waals surface area contributed by atoms with Crippen LogP contribution >= 0.6 is 0 Å². The quantitative estimate of drug-likeness (QED) is 0.579. The molecule has 9 nitrogen and oxygen atoms in total. The highest BCUT2D eigenvalue weighted by molar-refractivity contribution is 7.89. The number of carbonyl (C=O) groups excluding carboxylic acids is 1. The third-order valence-corrected chi connectivity index (χ3v) is 6.20. The van der Waals surface area contributed by atoms with Crippen molar-refractivity contribution in [3.05, 3.63) is 77.9 Å². The Morgan fingerprint density at radius 1 is 1.13 bits per heavy atom. The van der Waals surface area contributed by atoms with Crippen molar-refractivity contribution in [2.75, 3.05) is 13.6 Å². The lowest BCUT2D eigenvalue weighted by atomic mass is 10.1. The van der Waals surface area contributed by atoms with Crippen LogP contribution in [0.15, 0.2) is 66.1 Å². The van der Waals surface area contributed by atoms with E-state index < -0.39 is 15.9 Å². The first-order valence-electron chi connectivity index (χ1n) is 9.02. The van der Waals surface area contributed by atoms with Crippen LogP contribution in [0.25, 0.3) is 0 Å². The van der Waals surface area contributed by atoms with Crippen LogP contribution < -0.4 is 5.32 Å². The fraction of sp³-hybridized carbons (Fsp3) is 0.200. The molecule has 1 aromatic heterocycles. The lowest BCUT2D eigenvalue weighted by Gasteiger charge is -2.17. The predicted octanol–water partition coefficient (Wildman–Crippen LogP) is 1.13. The van der Waals surface area contributed by atoms with E-state index in [2.05, 4.69) is 15.4 Å². The summed E-state index contributed by atoms with van der Waals surface area (Å²) in [6, 6.07) is 15.1. The summed E-state index contributed by atoms with van der Waals surface area (Å²) < 4.78 is 27.8. The molecule has 0 unspecified atom stereocenters. The number of carbonyl (C=O) groups is 1. The highest BCUT2D eigenvalue weighted by Gasteiger charge is 2.22. The van der Waals surface area contributed by atoms with Gasteiger partial charge in [-0.25, -0.2) is 18.1 Å². The number of nitrogens with zero attached hydrogens (tertiary/aromatic N) is 5. The van der Waals surface area contributed by atoms with Gasteiger partial charge in [0.15, 0.2) is 0 Å². The van der Waals surface area contributed by atoms with Crippen molar-refractivity contribution in [2.24, 2.45) is 0 Å². The monoisotopic (exact) mass is 424 g/mol. The molecule has 0 bridgehead atoms. The van der Waals surface area contributed by atoms with Crippen molar-refractivity contribution in [2.45, 2.75) is 18.0 Å². The van der Waals surface area contributed by atoms with Crippen molar-refractivity contribution in [1.29, 1.82) is 5.26 Å². The lowest BCUT2D eigenvalue weighted by Crippen LogP contribution is -2.38. The number of nitrogens with one attached hydrogen (secondary N) is 1. The molecule has 0 radical (unpaired) electrons. The maximum absolute atomic E-state index is 12.6. The first kappa shape index (κ1) is 21.2. The topological polar surface area (TPSA) is 121 Å². The number of rotatable bonds is 8. The summed E-state index contributed by atoms with van der Waals surface area (Å²) >= 11 is 0. The lowest BCUT2D eigenvalue weighted by molar-refractivity contribution is -0.121. The Kier molecular flexibility index (Phi) is 6.56. The van der Waals surface area contributed by atoms with Gasteiger partial charge in [0.05, 0.1) is 29.6 Å². The Morgan fingerprint density at radius 3 is 2.40 bits per heavy atom. The number of benzene rings is 2. The van der Waals surface area contributed by atoms with Gasteiger partial charge in [0, 0.05) is 13.6 Å². The zero-order valence-corrected chi connectivity index (χ0v) is 17.1. The molecule has 0 spiro atoms. The number of likely N-dealkylation sites (N-methyl/N-ethyl adjacent to an activating group) is 1. The maximum Gasteiger partial charge on any atom is 0.243 e. The molecule has 1 heterocycles. The average molecular weight is 424 g/mol. The molecule has 2 aromatic carbocycles. The summed E-state index contributed by atoms with van der Waals surface area (Å²) in [4.78, 5) is 16.1. The molecule has 0 aliphatic heterocycles. The second kappa shape index (κ2) is 9.30. The van der Waals surface area contributed by atoms with E-state index in [0.29, 0.717) is 12.1 Å². The highest BCUT2D eigenvalue weighted by Crippen LogP contribution is 2.14. The van der Waals surface area contributed by atoms with Gasteiger partial charge in [0.2, 0.25) is 15.9 Å². The second-order valence-corrected chi connectivity index (χ2v) is 8.63. The van der Waals surface area contributed by atoms with Gasteiger partial charge in [-0.3, -0.25) is 4.79 Å². The number of hydrogen-bond donors (Lipinski definition) is 1. The number of hydrogen-bond acceptors (Lipinski definition) is 6. The van der Waals surface area contributed by atoms with Gasteiger partial charge in [-0.15, -0.1) is 0 Å². The fourth-order valence-electron chi connectivity index (χ4n) is 2.69. The molecule has 3 rings (SSSR count). The molecular weight excluding hydrogens is 404 g/mol. The summed E-state index contributed by atoms with van der Waals surface area (Å²) in [5.41, 5.74) is 2.30. The van der Waals surface area contributed by atoms with Crippen LogP contribution in [0.5, 0.6) is 0 Å². The molecule has 0 saturated heterocycles. The Labute approximate surface area is 174 Å². The smallest absolute Gasteiger partial charge is 0.243 e. The molecule has 0 aliphatic carbocycles. The average Bonchev–Trinajstić information content (AvgIpc) is 3.26. The summed E-state index contributed by atoms with van der Waals surface area (Å²) in [6.07, 6.45) is 3.11. The molecule has 0 fully saturated rings. The Hall–Kier alpha value is -3.55. The third-order valence-electron chi connectivity index (χ3n) is 4.38. The first-order valence-corrected chi connectivity index (χ1v) is 10.5. The van der Waals surface area contributed by atoms with Gasteiger partial charge >= 0.3 is 0 Å². The zero-order chi connectivity index (χ0) is 21.6. The van der Waals surface area contributed by atoms with Crippen molar-refractivity contribution in [1.82, 2.24) is 24.4 Å². The van der Waals surface area contributed by atoms with E-state index in [0.717, 1.165) is 15.4 Å². The maximum atomic E-state index is 12.6. The standard InChI is InChI=1S/C20H20N6O3S/c1-25(30(28,29)19-8-6-16(10-21)7-9-19)13-20(27)23-11-17-2-4-18(5-3-17)12-26-15-22-14-24-26/h2-9,14-15H,11-13H2,1H3,(H,23,27). The van der Waals surface area contributed by atoms with Crippen molar-refractivity contribution in [3.63, 3.8) is 0 Å². The molecule has 3 aromatic rings. The van der Waals surface area contributed by atoms with Gasteiger partial charge in [-0.2, -0.15) is 14.7 Å². The molecule has 1 N–H and O–H groups in total. The van der Waals surface area contributed by atoms with Crippen molar-refractivity contribution < 1.29 is 13.2 Å². The van der Waals surface area contributed by atoms with Gasteiger partial charge in [0.1, 0.15) is 12.7 Å². The SMILES string of the molecule is CN(CC(=O)NCc1ccc(Cn2cncn2)cc1)S(=O)(=O)c1ccc(C#N)cc1. The van der Waals surface area contributed by atoms with E-state index in [1.165, 1.54) is 37.6 Å². The summed E-state index contributed by atoms with van der Waals surface area (Å²) in [7, 11) is -2.48. The van der Waals surface area contributed by atoms with E-state index >= 15 is 0 Å². The zero-order valence-electron chi connectivity index (χ0n) is 16.3. The van der Waals surface area contributed by atoms with Crippen LogP contribution in [0.2, 0.25) is 0 Å². The molecule has 30 heavy (non-hydrogen) atoms. The van der Waals surface area contributed by atoms with Crippen LogP contribution in [0.3, 0.4) is 0 Å². The van der Waals surface area contributed by atoms with Gasteiger partial charge in [0.25, 0.3) is 0 Å². The largest absolute Gasteiger partial charge is 0.351 e.